The molecule has 178 valence electrons. The normalized spacial score (nSPS) is 13.6. The van der Waals surface area contributed by atoms with Gasteiger partial charge in [-0.3, -0.25) is 8.77 Å². The minimum absolute atomic E-state index is 0.0625. The molecule has 0 aliphatic carbocycles. The molecule has 0 bridgehead atoms. The summed E-state index contributed by atoms with van der Waals surface area (Å²) in [6.45, 7) is 9.56. The standard InChI is InChI=1S/C24H23ClN4O2S.C2H6/c1-16-10-17(2-3-22(16)25)14-28-5-4-18(11-23(28)30)21-15-29(32)24-20(21)12-19(13-26-24)27-6-8-31-9-7-27;1-2/h2-5,10-13,15,32H,6-9,14H2,1H3;1-2H3. The molecule has 1 aliphatic rings. The second kappa shape index (κ2) is 10.7. The quantitative estimate of drug-likeness (QED) is 0.383. The van der Waals surface area contributed by atoms with E-state index in [2.05, 4.69) is 28.8 Å². The lowest BCUT2D eigenvalue weighted by Gasteiger charge is -2.28. The van der Waals surface area contributed by atoms with Crippen molar-refractivity contribution in [3.63, 3.8) is 0 Å². The van der Waals surface area contributed by atoms with E-state index in [9.17, 15) is 4.79 Å². The van der Waals surface area contributed by atoms with E-state index in [0.29, 0.717) is 19.8 Å². The number of pyridine rings is 2. The predicted molar refractivity (Wildman–Crippen MR) is 143 cm³/mol. The SMILES string of the molecule is CC.Cc1cc(Cn2ccc(-c3cn(S)c4ncc(N5CCOCC5)cc34)cc2=O)ccc1Cl. The highest BCUT2D eigenvalue weighted by atomic mass is 35.5. The van der Waals surface area contributed by atoms with Gasteiger partial charge in [-0.15, -0.1) is 0 Å². The fourth-order valence-corrected chi connectivity index (χ4v) is 4.50. The number of aromatic nitrogens is 3. The molecule has 0 radical (unpaired) electrons. The third-order valence-corrected chi connectivity index (χ3v) is 6.60. The lowest BCUT2D eigenvalue weighted by molar-refractivity contribution is 0.122. The summed E-state index contributed by atoms with van der Waals surface area (Å²) < 4.78 is 8.87. The summed E-state index contributed by atoms with van der Waals surface area (Å²) in [7, 11) is 0. The van der Waals surface area contributed by atoms with Crippen molar-refractivity contribution in [1.29, 1.82) is 0 Å². The van der Waals surface area contributed by atoms with Crippen LogP contribution in [0.5, 0.6) is 0 Å². The number of halogens is 1. The van der Waals surface area contributed by atoms with Gasteiger partial charge in [-0.05, 0) is 41.8 Å². The number of rotatable bonds is 4. The Morgan fingerprint density at radius 2 is 1.88 bits per heavy atom. The average Bonchev–Trinajstić information content (AvgIpc) is 3.20. The maximum atomic E-state index is 12.9. The van der Waals surface area contributed by atoms with Crippen molar-refractivity contribution in [2.24, 2.45) is 0 Å². The molecule has 0 spiro atoms. The number of aryl methyl sites for hydroxylation is 1. The van der Waals surface area contributed by atoms with Crippen molar-refractivity contribution < 1.29 is 4.74 Å². The van der Waals surface area contributed by atoms with Crippen LogP contribution in [0.3, 0.4) is 0 Å². The van der Waals surface area contributed by atoms with Crippen LogP contribution in [-0.2, 0) is 11.3 Å². The summed E-state index contributed by atoms with van der Waals surface area (Å²) >= 11 is 10.7. The number of anilines is 1. The maximum Gasteiger partial charge on any atom is 0.251 e. The molecule has 8 heteroatoms. The van der Waals surface area contributed by atoms with Crippen molar-refractivity contribution in [3.05, 3.63) is 81.5 Å². The number of hydrogen-bond donors (Lipinski definition) is 1. The van der Waals surface area contributed by atoms with E-state index >= 15 is 0 Å². The smallest absolute Gasteiger partial charge is 0.251 e. The van der Waals surface area contributed by atoms with E-state index in [0.717, 1.165) is 57.1 Å². The fourth-order valence-electron chi connectivity index (χ4n) is 4.11. The number of thiol groups is 1. The molecule has 4 heterocycles. The van der Waals surface area contributed by atoms with Crippen LogP contribution in [0.4, 0.5) is 5.69 Å². The van der Waals surface area contributed by atoms with Crippen molar-refractivity contribution in [2.75, 3.05) is 31.2 Å². The van der Waals surface area contributed by atoms with E-state index in [-0.39, 0.29) is 5.56 Å². The minimum Gasteiger partial charge on any atom is -0.378 e. The Kier molecular flexibility index (Phi) is 7.66. The molecule has 1 aliphatic heterocycles. The number of fused-ring (bicyclic) bond motifs is 1. The topological polar surface area (TPSA) is 52.3 Å². The van der Waals surface area contributed by atoms with Gasteiger partial charge in [0, 0.05) is 47.5 Å². The van der Waals surface area contributed by atoms with Gasteiger partial charge in [0.2, 0.25) is 0 Å². The summed E-state index contributed by atoms with van der Waals surface area (Å²) in [6, 6.07) is 11.6. The molecule has 0 atom stereocenters. The molecule has 1 saturated heterocycles. The Balaban J connectivity index is 0.00000133. The van der Waals surface area contributed by atoms with Crippen LogP contribution in [0.1, 0.15) is 25.0 Å². The third-order valence-electron chi connectivity index (χ3n) is 5.87. The number of nitrogens with zero attached hydrogens (tertiary/aromatic N) is 4. The second-order valence-corrected chi connectivity index (χ2v) is 8.85. The highest BCUT2D eigenvalue weighted by Gasteiger charge is 2.16. The highest BCUT2D eigenvalue weighted by Crippen LogP contribution is 2.32. The van der Waals surface area contributed by atoms with E-state index < -0.39 is 0 Å². The zero-order valence-corrected chi connectivity index (χ0v) is 21.3. The van der Waals surface area contributed by atoms with Crippen LogP contribution in [0.15, 0.2) is 59.8 Å². The number of ether oxygens (including phenoxy) is 1. The Hall–Kier alpha value is -2.74. The summed E-state index contributed by atoms with van der Waals surface area (Å²) in [5.74, 6) is 0. The van der Waals surface area contributed by atoms with Gasteiger partial charge in [0.15, 0.2) is 5.65 Å². The Labute approximate surface area is 210 Å². The van der Waals surface area contributed by atoms with Crippen molar-refractivity contribution in [1.82, 2.24) is 13.5 Å². The fraction of sp³-hybridized carbons (Fsp3) is 0.308. The van der Waals surface area contributed by atoms with Crippen LogP contribution in [0.2, 0.25) is 5.02 Å². The molecule has 0 N–H and O–H groups in total. The van der Waals surface area contributed by atoms with Gasteiger partial charge in [-0.1, -0.05) is 50.4 Å². The Bertz CT molecular complexity index is 1360. The molecule has 0 saturated carbocycles. The summed E-state index contributed by atoms with van der Waals surface area (Å²) in [4.78, 5) is 19.8. The highest BCUT2D eigenvalue weighted by molar-refractivity contribution is 7.78. The molecule has 4 aromatic rings. The molecule has 34 heavy (non-hydrogen) atoms. The zero-order valence-electron chi connectivity index (χ0n) is 19.7. The second-order valence-electron chi connectivity index (χ2n) is 8.02. The maximum absolute atomic E-state index is 12.9. The largest absolute Gasteiger partial charge is 0.378 e. The van der Waals surface area contributed by atoms with Gasteiger partial charge >= 0.3 is 0 Å². The number of hydrogen-bond acceptors (Lipinski definition) is 5. The third kappa shape index (κ3) is 5.02. The lowest BCUT2D eigenvalue weighted by atomic mass is 10.1. The van der Waals surface area contributed by atoms with Gasteiger partial charge in [-0.25, -0.2) is 4.98 Å². The monoisotopic (exact) mass is 496 g/mol. The first-order valence-electron chi connectivity index (χ1n) is 11.5. The predicted octanol–water partition coefficient (Wildman–Crippen LogP) is 5.43. The minimum atomic E-state index is -0.0625. The molecular weight excluding hydrogens is 468 g/mol. The molecule has 5 rings (SSSR count). The van der Waals surface area contributed by atoms with Crippen LogP contribution in [0, 0.1) is 6.92 Å². The van der Waals surface area contributed by atoms with Crippen LogP contribution in [0.25, 0.3) is 22.2 Å². The van der Waals surface area contributed by atoms with E-state index in [4.69, 9.17) is 16.3 Å². The lowest BCUT2D eigenvalue weighted by Crippen LogP contribution is -2.36. The van der Waals surface area contributed by atoms with Gasteiger partial charge in [0.25, 0.3) is 5.56 Å². The molecule has 0 unspecified atom stereocenters. The molecule has 6 nitrogen and oxygen atoms in total. The number of morpholine rings is 1. The summed E-state index contributed by atoms with van der Waals surface area (Å²) in [5, 5.41) is 1.69. The summed E-state index contributed by atoms with van der Waals surface area (Å²) in [6.07, 6.45) is 5.62. The number of benzene rings is 1. The van der Waals surface area contributed by atoms with Gasteiger partial charge in [0.05, 0.1) is 31.6 Å². The molecular formula is C26H29ClN4O2S. The van der Waals surface area contributed by atoms with Crippen LogP contribution in [-0.4, -0.2) is 39.8 Å². The zero-order chi connectivity index (χ0) is 24.2. The molecule has 1 aromatic carbocycles. The van der Waals surface area contributed by atoms with Crippen LogP contribution >= 0.6 is 24.4 Å². The molecule has 0 amide bonds. The van der Waals surface area contributed by atoms with Gasteiger partial charge in [-0.2, -0.15) is 0 Å². The van der Waals surface area contributed by atoms with E-state index in [1.54, 1.807) is 14.6 Å². The van der Waals surface area contributed by atoms with Crippen molar-refractivity contribution >= 4 is 41.1 Å². The van der Waals surface area contributed by atoms with Crippen molar-refractivity contribution in [2.45, 2.75) is 27.3 Å². The van der Waals surface area contributed by atoms with Crippen molar-refractivity contribution in [3.8, 4) is 11.1 Å². The van der Waals surface area contributed by atoms with E-state index in [1.165, 1.54) is 0 Å². The summed E-state index contributed by atoms with van der Waals surface area (Å²) in [5.41, 5.74) is 5.56. The first-order valence-corrected chi connectivity index (χ1v) is 12.3. The average molecular weight is 497 g/mol. The molecule has 1 fully saturated rings. The van der Waals surface area contributed by atoms with Gasteiger partial charge < -0.3 is 14.2 Å². The molecule has 3 aromatic heterocycles. The first-order chi connectivity index (χ1) is 16.5. The van der Waals surface area contributed by atoms with Crippen LogP contribution < -0.4 is 10.5 Å². The Morgan fingerprint density at radius 1 is 1.12 bits per heavy atom. The first kappa shape index (κ1) is 24.4. The Morgan fingerprint density at radius 3 is 2.59 bits per heavy atom. The van der Waals surface area contributed by atoms with E-state index in [1.807, 2.05) is 63.6 Å². The van der Waals surface area contributed by atoms with Gasteiger partial charge in [0.1, 0.15) is 0 Å².